The molecule has 0 amide bonds. The fourth-order valence-corrected chi connectivity index (χ4v) is 0. The predicted molar refractivity (Wildman–Crippen MR) is 33.8 cm³/mol. The molecule has 0 aromatic rings. The molecule has 2 heteroatoms. The second-order valence-corrected chi connectivity index (χ2v) is 7.86. The molecule has 1 atom stereocenters. The van der Waals surface area contributed by atoms with E-state index in [2.05, 4.69) is 13.5 Å². The number of rotatable bonds is 1. The van der Waals surface area contributed by atoms with Crippen molar-refractivity contribution in [2.45, 2.75) is 18.6 Å². The van der Waals surface area contributed by atoms with E-state index in [1.165, 1.54) is 10.2 Å². The summed E-state index contributed by atoms with van der Waals surface area (Å²) in [5, 5.41) is 1.16. The minimum absolute atomic E-state index is 0.410. The monoisotopic (exact) mass is 104 g/mol. The van der Waals surface area contributed by atoms with Crippen LogP contribution in [-0.4, -0.2) is 19.8 Å². The van der Waals surface area contributed by atoms with E-state index in [0.717, 1.165) is 5.16 Å². The minimum Gasteiger partial charge on any atom is -0.0749 e. The van der Waals surface area contributed by atoms with Gasteiger partial charge in [0.25, 0.3) is 0 Å². The summed E-state index contributed by atoms with van der Waals surface area (Å²) in [5.74, 6) is 0. The Labute approximate surface area is 39.2 Å². The van der Waals surface area contributed by atoms with Gasteiger partial charge < -0.3 is 0 Å². The van der Waals surface area contributed by atoms with Gasteiger partial charge in [0.1, 0.15) is 0 Å². The van der Waals surface area contributed by atoms with Crippen molar-refractivity contribution in [3.8, 4) is 0 Å². The van der Waals surface area contributed by atoms with Gasteiger partial charge in [0.05, 0.1) is 0 Å². The fourth-order valence-electron chi connectivity index (χ4n) is 0. The van der Waals surface area contributed by atoms with E-state index in [4.69, 9.17) is 0 Å². The first-order chi connectivity index (χ1) is 2.27. The standard InChI is InChI=1S/C3H12Si2/c1-3(4)5-2/h3H,5H2,1-2,4H3. The van der Waals surface area contributed by atoms with Crippen LogP contribution in [0.2, 0.25) is 11.7 Å². The topological polar surface area (TPSA) is 0 Å². The average molecular weight is 104 g/mol. The highest BCUT2D eigenvalue weighted by Crippen LogP contribution is 1.86. The van der Waals surface area contributed by atoms with E-state index >= 15 is 0 Å². The van der Waals surface area contributed by atoms with Crippen molar-refractivity contribution >= 4 is 19.8 Å². The van der Waals surface area contributed by atoms with E-state index in [9.17, 15) is 0 Å². The summed E-state index contributed by atoms with van der Waals surface area (Å²) in [7, 11) is 1.84. The highest BCUT2D eigenvalue weighted by molar-refractivity contribution is 6.48. The van der Waals surface area contributed by atoms with Gasteiger partial charge in [0.15, 0.2) is 0 Å². The van der Waals surface area contributed by atoms with E-state index in [0.29, 0.717) is 9.52 Å². The molecule has 1 unspecified atom stereocenters. The Hall–Kier alpha value is 0.434. The third-order valence-corrected chi connectivity index (χ3v) is 4.90. The highest BCUT2D eigenvalue weighted by Gasteiger charge is 1.81. The molecule has 0 bridgehead atoms. The van der Waals surface area contributed by atoms with Crippen LogP contribution in [0.25, 0.3) is 0 Å². The van der Waals surface area contributed by atoms with Crippen LogP contribution in [0.4, 0.5) is 0 Å². The van der Waals surface area contributed by atoms with Crippen molar-refractivity contribution in [3.63, 3.8) is 0 Å². The maximum atomic E-state index is 2.37. The van der Waals surface area contributed by atoms with Gasteiger partial charge in [-0.3, -0.25) is 0 Å². The van der Waals surface area contributed by atoms with E-state index < -0.39 is 0 Å². The first-order valence-electron chi connectivity index (χ1n) is 2.27. The smallest absolute Gasteiger partial charge is 0.0160 e. The second kappa shape index (κ2) is 2.66. The number of hydrogen-bond acceptors (Lipinski definition) is 0. The van der Waals surface area contributed by atoms with E-state index in [1.54, 1.807) is 0 Å². The van der Waals surface area contributed by atoms with Gasteiger partial charge in [-0.2, -0.15) is 0 Å². The molecule has 0 heterocycles. The zero-order chi connectivity index (χ0) is 4.28. The Morgan fingerprint density at radius 3 is 2.00 bits per heavy atom. The van der Waals surface area contributed by atoms with Crippen molar-refractivity contribution in [1.82, 2.24) is 0 Å². The molecular formula is C3H12Si2. The van der Waals surface area contributed by atoms with Crippen LogP contribution >= 0.6 is 0 Å². The number of hydrogen-bond donors (Lipinski definition) is 0. The second-order valence-electron chi connectivity index (χ2n) is 1.80. The fraction of sp³-hybridized carbons (Fsp3) is 1.00. The summed E-state index contributed by atoms with van der Waals surface area (Å²) in [5.41, 5.74) is 0. The Kier molecular flexibility index (Phi) is 2.89. The third-order valence-electron chi connectivity index (χ3n) is 0.816. The van der Waals surface area contributed by atoms with Gasteiger partial charge >= 0.3 is 0 Å². The molecule has 0 aromatic heterocycles. The summed E-state index contributed by atoms with van der Waals surface area (Å²) in [6.45, 7) is 4.72. The Morgan fingerprint density at radius 2 is 2.00 bits per heavy atom. The molecule has 0 N–H and O–H groups in total. The Bertz CT molecular complexity index is 18.9. The minimum atomic E-state index is 0.410. The van der Waals surface area contributed by atoms with E-state index in [1.807, 2.05) is 0 Å². The zero-order valence-electron chi connectivity index (χ0n) is 4.28. The first kappa shape index (κ1) is 5.43. The van der Waals surface area contributed by atoms with E-state index in [-0.39, 0.29) is 0 Å². The van der Waals surface area contributed by atoms with Gasteiger partial charge in [-0.1, -0.05) is 18.6 Å². The molecule has 0 saturated heterocycles. The maximum absolute atomic E-state index is 2.37. The van der Waals surface area contributed by atoms with Crippen LogP contribution in [-0.2, 0) is 0 Å². The maximum Gasteiger partial charge on any atom is 0.0160 e. The van der Waals surface area contributed by atoms with Crippen molar-refractivity contribution in [3.05, 3.63) is 0 Å². The van der Waals surface area contributed by atoms with Gasteiger partial charge in [-0.15, -0.1) is 0 Å². The molecule has 0 aliphatic rings. The SMILES string of the molecule is C[SiH2]C(C)[SiH3]. The molecule has 0 nitrogen and oxygen atoms in total. The Morgan fingerprint density at radius 1 is 1.80 bits per heavy atom. The lowest BCUT2D eigenvalue weighted by Gasteiger charge is -1.89. The largest absolute Gasteiger partial charge is 0.0749 e. The quantitative estimate of drug-likeness (QED) is 0.387. The van der Waals surface area contributed by atoms with Crippen LogP contribution in [0.3, 0.4) is 0 Å². The van der Waals surface area contributed by atoms with Crippen LogP contribution in [0.1, 0.15) is 6.92 Å². The molecule has 0 aliphatic heterocycles. The van der Waals surface area contributed by atoms with Crippen LogP contribution in [0, 0.1) is 0 Å². The molecule has 0 saturated carbocycles. The highest BCUT2D eigenvalue weighted by atomic mass is 28.2. The normalized spacial score (nSPS) is 18.0. The molecule has 0 spiro atoms. The van der Waals surface area contributed by atoms with Crippen molar-refractivity contribution in [2.24, 2.45) is 0 Å². The lowest BCUT2D eigenvalue weighted by molar-refractivity contribution is 1.34. The van der Waals surface area contributed by atoms with Gasteiger partial charge in [0, 0.05) is 19.8 Å². The third kappa shape index (κ3) is 4.43. The molecule has 0 rings (SSSR count). The molecule has 0 fully saturated rings. The lowest BCUT2D eigenvalue weighted by Crippen LogP contribution is -1.89. The van der Waals surface area contributed by atoms with Gasteiger partial charge in [-0.25, -0.2) is 0 Å². The predicted octanol–water partition coefficient (Wildman–Crippen LogP) is -0.665. The Balaban J connectivity index is 2.54. The van der Waals surface area contributed by atoms with Crippen LogP contribution in [0.15, 0.2) is 0 Å². The summed E-state index contributed by atoms with van der Waals surface area (Å²) < 4.78 is 0. The average Bonchev–Trinajstić information content (AvgIpc) is 1.38. The summed E-state index contributed by atoms with van der Waals surface area (Å²) in [6.07, 6.45) is 0. The summed E-state index contributed by atoms with van der Waals surface area (Å²) >= 11 is 0. The summed E-state index contributed by atoms with van der Waals surface area (Å²) in [6, 6.07) is 0. The van der Waals surface area contributed by atoms with Gasteiger partial charge in [-0.05, 0) is 0 Å². The lowest BCUT2D eigenvalue weighted by atomic mass is 10.9. The molecule has 0 radical (unpaired) electrons. The van der Waals surface area contributed by atoms with Crippen molar-refractivity contribution < 1.29 is 0 Å². The molecule has 5 heavy (non-hydrogen) atoms. The van der Waals surface area contributed by atoms with Crippen molar-refractivity contribution in [1.29, 1.82) is 0 Å². The van der Waals surface area contributed by atoms with Crippen LogP contribution < -0.4 is 0 Å². The molecular weight excluding hydrogens is 92.2 g/mol. The molecule has 32 valence electrons. The summed E-state index contributed by atoms with van der Waals surface area (Å²) in [4.78, 5) is 0. The molecule has 0 aromatic carbocycles. The van der Waals surface area contributed by atoms with Gasteiger partial charge in [0.2, 0.25) is 0 Å². The zero-order valence-corrected chi connectivity index (χ0v) is 7.70. The first-order valence-corrected chi connectivity index (χ1v) is 5.66. The van der Waals surface area contributed by atoms with Crippen LogP contribution in [0.5, 0.6) is 0 Å². The van der Waals surface area contributed by atoms with Crippen molar-refractivity contribution in [2.75, 3.05) is 0 Å². The molecule has 0 aliphatic carbocycles.